The number of nitrogens with zero attached hydrogens (tertiary/aromatic N) is 1. The molecule has 0 unspecified atom stereocenters. The zero-order chi connectivity index (χ0) is 19.3. The second kappa shape index (κ2) is 8.77. The average molecular weight is 416 g/mol. The lowest BCUT2D eigenvalue weighted by Crippen LogP contribution is -2.26. The van der Waals surface area contributed by atoms with Gasteiger partial charge in [-0.25, -0.2) is 8.42 Å². The van der Waals surface area contributed by atoms with Gasteiger partial charge in [-0.2, -0.15) is 4.31 Å². The topological polar surface area (TPSA) is 55.8 Å². The first-order valence-electron chi connectivity index (χ1n) is 7.62. The van der Waals surface area contributed by atoms with Crippen LogP contribution < -0.4 is 9.47 Å². The number of sulfonamides is 1. The summed E-state index contributed by atoms with van der Waals surface area (Å²) in [7, 11) is -0.914. The van der Waals surface area contributed by atoms with Gasteiger partial charge in [-0.1, -0.05) is 48.0 Å². The van der Waals surface area contributed by atoms with Gasteiger partial charge in [0.05, 0.1) is 12.1 Å². The molecule has 0 aliphatic rings. The van der Waals surface area contributed by atoms with E-state index in [1.165, 1.54) is 30.6 Å². The molecule has 0 heterocycles. The third kappa shape index (κ3) is 4.51. The first kappa shape index (κ1) is 20.6. The number of hydrogen-bond donors (Lipinski definition) is 0. The molecule has 0 radical (unpaired) electrons. The highest BCUT2D eigenvalue weighted by Crippen LogP contribution is 2.37. The number of hydrogen-bond acceptors (Lipinski definition) is 4. The summed E-state index contributed by atoms with van der Waals surface area (Å²) >= 11 is 12.2. The predicted molar refractivity (Wildman–Crippen MR) is 104 cm³/mol. The highest BCUT2D eigenvalue weighted by Gasteiger charge is 2.26. The fourth-order valence-corrected chi connectivity index (χ4v) is 4.20. The summed E-state index contributed by atoms with van der Waals surface area (Å²) in [5.74, 6) is 0.998. The van der Waals surface area contributed by atoms with Crippen molar-refractivity contribution in [2.24, 2.45) is 0 Å². The van der Waals surface area contributed by atoms with Crippen LogP contribution in [0.25, 0.3) is 0 Å². The van der Waals surface area contributed by atoms with Gasteiger partial charge in [0.25, 0.3) is 0 Å². The van der Waals surface area contributed by atoms with Gasteiger partial charge >= 0.3 is 0 Å². The maximum absolute atomic E-state index is 12.8. The van der Waals surface area contributed by atoms with Gasteiger partial charge in [0, 0.05) is 13.6 Å². The first-order chi connectivity index (χ1) is 12.3. The first-order valence-corrected chi connectivity index (χ1v) is 9.81. The van der Waals surface area contributed by atoms with Gasteiger partial charge in [0.2, 0.25) is 10.0 Å². The molecule has 0 N–H and O–H groups in total. The van der Waals surface area contributed by atoms with E-state index in [4.69, 9.17) is 32.7 Å². The highest BCUT2D eigenvalue weighted by molar-refractivity contribution is 7.89. The molecular weight excluding hydrogens is 397 g/mol. The predicted octanol–water partition coefficient (Wildman–Crippen LogP) is 4.39. The van der Waals surface area contributed by atoms with Gasteiger partial charge < -0.3 is 9.47 Å². The van der Waals surface area contributed by atoms with Gasteiger partial charge in [-0.15, -0.1) is 0 Å². The van der Waals surface area contributed by atoms with Crippen LogP contribution in [0.3, 0.4) is 0 Å². The van der Waals surface area contributed by atoms with Crippen LogP contribution >= 0.6 is 23.2 Å². The smallest absolute Gasteiger partial charge is 0.244 e. The molecule has 8 heteroatoms. The van der Waals surface area contributed by atoms with E-state index in [9.17, 15) is 8.42 Å². The molecule has 0 saturated heterocycles. The Kier molecular flexibility index (Phi) is 6.94. The molecule has 0 fully saturated rings. The van der Waals surface area contributed by atoms with E-state index in [0.717, 1.165) is 5.56 Å². The summed E-state index contributed by atoms with van der Waals surface area (Å²) < 4.78 is 37.3. The molecule has 0 bridgehead atoms. The Morgan fingerprint density at radius 2 is 1.77 bits per heavy atom. The average Bonchev–Trinajstić information content (AvgIpc) is 2.63. The molecule has 2 rings (SSSR count). The van der Waals surface area contributed by atoms with Crippen LogP contribution in [-0.4, -0.2) is 33.5 Å². The van der Waals surface area contributed by atoms with Crippen molar-refractivity contribution in [3.8, 4) is 11.5 Å². The number of methoxy groups -OCH3 is 1. The summed E-state index contributed by atoms with van der Waals surface area (Å²) in [5, 5.41) is -0.00148. The lowest BCUT2D eigenvalue weighted by molar-refractivity contribution is 0.363. The van der Waals surface area contributed by atoms with Crippen LogP contribution in [0.15, 0.2) is 53.9 Å². The van der Waals surface area contributed by atoms with Gasteiger partial charge in [0.15, 0.2) is 0 Å². The minimum absolute atomic E-state index is 0.0624. The van der Waals surface area contributed by atoms with Crippen molar-refractivity contribution in [2.75, 3.05) is 20.8 Å². The van der Waals surface area contributed by atoms with E-state index in [1.807, 2.05) is 0 Å². The molecule has 2 aromatic carbocycles. The third-order valence-corrected chi connectivity index (χ3v) is 6.44. The SMILES string of the molecule is C=CCOc1ccc(CN(C)S(=O)(=O)c2ccc(OC)c(Cl)c2Cl)cc1. The molecule has 0 atom stereocenters. The Morgan fingerprint density at radius 3 is 2.35 bits per heavy atom. The van der Waals surface area contributed by atoms with Crippen molar-refractivity contribution >= 4 is 33.2 Å². The number of rotatable bonds is 8. The molecule has 0 aromatic heterocycles. The molecule has 0 aliphatic carbocycles. The largest absolute Gasteiger partial charge is 0.495 e. The zero-order valence-electron chi connectivity index (χ0n) is 14.4. The van der Waals surface area contributed by atoms with Crippen molar-refractivity contribution in [1.29, 1.82) is 0 Å². The minimum Gasteiger partial charge on any atom is -0.495 e. The molecule has 0 saturated carbocycles. The van der Waals surface area contributed by atoms with E-state index in [1.54, 1.807) is 30.3 Å². The summed E-state index contributed by atoms with van der Waals surface area (Å²) in [6.45, 7) is 4.16. The van der Waals surface area contributed by atoms with Crippen molar-refractivity contribution in [1.82, 2.24) is 4.31 Å². The van der Waals surface area contributed by atoms with E-state index in [2.05, 4.69) is 6.58 Å². The number of ether oxygens (including phenoxy) is 2. The van der Waals surface area contributed by atoms with Crippen LogP contribution in [0.1, 0.15) is 5.56 Å². The Balaban J connectivity index is 2.21. The molecular formula is C18H19Cl2NO4S. The summed E-state index contributed by atoms with van der Waals surface area (Å²) in [4.78, 5) is -0.0709. The monoisotopic (exact) mass is 415 g/mol. The maximum Gasteiger partial charge on any atom is 0.244 e. The van der Waals surface area contributed by atoms with E-state index in [-0.39, 0.29) is 21.5 Å². The van der Waals surface area contributed by atoms with E-state index >= 15 is 0 Å². The second-order valence-corrected chi connectivity index (χ2v) is 8.17. The van der Waals surface area contributed by atoms with Crippen molar-refractivity contribution in [3.05, 3.63) is 64.7 Å². The van der Waals surface area contributed by atoms with Crippen molar-refractivity contribution < 1.29 is 17.9 Å². The molecule has 2 aromatic rings. The van der Waals surface area contributed by atoms with Crippen LogP contribution in [-0.2, 0) is 16.6 Å². The van der Waals surface area contributed by atoms with Crippen molar-refractivity contribution in [3.63, 3.8) is 0 Å². The highest BCUT2D eigenvalue weighted by atomic mass is 35.5. The van der Waals surface area contributed by atoms with Crippen LogP contribution in [0.4, 0.5) is 0 Å². The summed E-state index contributed by atoms with van der Waals surface area (Å²) in [6, 6.07) is 10.00. The quantitative estimate of drug-likeness (QED) is 0.599. The van der Waals surface area contributed by atoms with Gasteiger partial charge in [-0.3, -0.25) is 0 Å². The lowest BCUT2D eigenvalue weighted by atomic mass is 10.2. The van der Waals surface area contributed by atoms with Crippen LogP contribution in [0.2, 0.25) is 10.0 Å². The summed E-state index contributed by atoms with van der Waals surface area (Å²) in [5.41, 5.74) is 0.803. The van der Waals surface area contributed by atoms with Gasteiger partial charge in [0.1, 0.15) is 28.0 Å². The second-order valence-electron chi connectivity index (χ2n) is 5.40. The molecule has 0 spiro atoms. The molecule has 0 aliphatic heterocycles. The fourth-order valence-electron chi connectivity index (χ4n) is 2.23. The standard InChI is InChI=1S/C18H19Cl2NO4S/c1-4-11-25-14-7-5-13(6-8-14)12-21(2)26(22,23)16-10-9-15(24-3)17(19)18(16)20/h4-10H,1,11-12H2,2-3H3. The van der Waals surface area contributed by atoms with Crippen molar-refractivity contribution in [2.45, 2.75) is 11.4 Å². The third-order valence-electron chi connectivity index (χ3n) is 3.62. The maximum atomic E-state index is 12.8. The zero-order valence-corrected chi connectivity index (χ0v) is 16.7. The van der Waals surface area contributed by atoms with Crippen LogP contribution in [0, 0.1) is 0 Å². The lowest BCUT2D eigenvalue weighted by Gasteiger charge is -2.19. The number of halogens is 2. The van der Waals surface area contributed by atoms with E-state index in [0.29, 0.717) is 18.1 Å². The summed E-state index contributed by atoms with van der Waals surface area (Å²) in [6.07, 6.45) is 1.65. The fraction of sp³-hybridized carbons (Fsp3) is 0.222. The molecule has 140 valence electrons. The Labute approximate surface area is 163 Å². The molecule has 26 heavy (non-hydrogen) atoms. The van der Waals surface area contributed by atoms with E-state index < -0.39 is 10.0 Å². The Morgan fingerprint density at radius 1 is 1.12 bits per heavy atom. The normalized spacial score (nSPS) is 11.4. The molecule has 5 nitrogen and oxygen atoms in total. The van der Waals surface area contributed by atoms with Gasteiger partial charge in [-0.05, 0) is 29.8 Å². The Hall–Kier alpha value is -1.73. The molecule has 0 amide bonds. The van der Waals surface area contributed by atoms with Crippen LogP contribution in [0.5, 0.6) is 11.5 Å². The Bertz CT molecular complexity index is 883. The minimum atomic E-state index is -3.82. The number of benzene rings is 2.